The normalized spacial score (nSPS) is 17.9. The maximum absolute atomic E-state index is 11.9. The van der Waals surface area contributed by atoms with Crippen LogP contribution in [0.3, 0.4) is 0 Å². The highest BCUT2D eigenvalue weighted by Gasteiger charge is 2.18. The van der Waals surface area contributed by atoms with Crippen molar-refractivity contribution in [2.75, 3.05) is 18.5 Å². The summed E-state index contributed by atoms with van der Waals surface area (Å²) in [6.45, 7) is 3.31. The van der Waals surface area contributed by atoms with Crippen molar-refractivity contribution in [3.05, 3.63) is 29.3 Å². The number of aryl methyl sites for hydroxylation is 1. The van der Waals surface area contributed by atoms with E-state index < -0.39 is 5.97 Å². The molecule has 1 amide bonds. The van der Waals surface area contributed by atoms with Gasteiger partial charge >= 0.3 is 5.97 Å². The number of hydrogen-bond acceptors (Lipinski definition) is 3. The summed E-state index contributed by atoms with van der Waals surface area (Å²) >= 11 is 0. The molecule has 20 heavy (non-hydrogen) atoms. The number of hydrogen-bond donors (Lipinski definition) is 2. The second-order valence-electron chi connectivity index (χ2n) is 5.17. The molecule has 0 aromatic heterocycles. The van der Waals surface area contributed by atoms with Crippen LogP contribution in [0.1, 0.15) is 35.2 Å². The molecule has 1 heterocycles. The van der Waals surface area contributed by atoms with Crippen molar-refractivity contribution in [1.82, 2.24) is 0 Å². The summed E-state index contributed by atoms with van der Waals surface area (Å²) in [5.41, 5.74) is 1.34. The molecule has 2 N–H and O–H groups in total. The third kappa shape index (κ3) is 3.81. The molecule has 0 spiro atoms. The number of carboxylic acids is 1. The van der Waals surface area contributed by atoms with Crippen molar-refractivity contribution < 1.29 is 19.4 Å². The zero-order chi connectivity index (χ0) is 14.5. The van der Waals surface area contributed by atoms with Crippen LogP contribution in [0.15, 0.2) is 18.2 Å². The highest BCUT2D eigenvalue weighted by atomic mass is 16.5. The number of rotatable bonds is 5. The highest BCUT2D eigenvalue weighted by molar-refractivity contribution is 6.00. The Balaban J connectivity index is 1.94. The molecule has 1 saturated heterocycles. The van der Waals surface area contributed by atoms with Crippen LogP contribution in [0.2, 0.25) is 0 Å². The maximum atomic E-state index is 11.9. The zero-order valence-electron chi connectivity index (χ0n) is 11.5. The average Bonchev–Trinajstić information content (AvgIpc) is 2.91. The first-order valence-corrected chi connectivity index (χ1v) is 6.78. The van der Waals surface area contributed by atoms with Gasteiger partial charge in [0.15, 0.2) is 0 Å². The van der Waals surface area contributed by atoms with Crippen LogP contribution in [-0.4, -0.2) is 30.2 Å². The van der Waals surface area contributed by atoms with Crippen LogP contribution < -0.4 is 5.32 Å². The standard InChI is InChI=1S/C15H19NO4/c1-10-2-4-13(12(8-10)15(18)19)16-14(17)5-3-11-6-7-20-9-11/h2,4,8,11H,3,5-7,9H2,1H3,(H,16,17)(H,18,19). The molecule has 1 fully saturated rings. The molecule has 0 saturated carbocycles. The summed E-state index contributed by atoms with van der Waals surface area (Å²) in [5, 5.41) is 11.8. The van der Waals surface area contributed by atoms with Crippen LogP contribution in [-0.2, 0) is 9.53 Å². The van der Waals surface area contributed by atoms with E-state index in [2.05, 4.69) is 5.32 Å². The SMILES string of the molecule is Cc1ccc(NC(=O)CCC2CCOC2)c(C(=O)O)c1. The summed E-state index contributed by atoms with van der Waals surface area (Å²) in [4.78, 5) is 23.0. The Bertz CT molecular complexity index is 507. The van der Waals surface area contributed by atoms with E-state index in [1.54, 1.807) is 18.2 Å². The van der Waals surface area contributed by atoms with Crippen molar-refractivity contribution in [3.8, 4) is 0 Å². The molecule has 0 aliphatic carbocycles. The number of anilines is 1. The number of amides is 1. The van der Waals surface area contributed by atoms with E-state index in [9.17, 15) is 9.59 Å². The fraction of sp³-hybridized carbons (Fsp3) is 0.467. The number of carbonyl (C=O) groups excluding carboxylic acids is 1. The van der Waals surface area contributed by atoms with Crippen LogP contribution >= 0.6 is 0 Å². The van der Waals surface area contributed by atoms with E-state index in [1.165, 1.54) is 0 Å². The predicted molar refractivity (Wildman–Crippen MR) is 74.9 cm³/mol. The van der Waals surface area contributed by atoms with Gasteiger partial charge in [-0.25, -0.2) is 4.79 Å². The van der Waals surface area contributed by atoms with Crippen LogP contribution in [0.4, 0.5) is 5.69 Å². The Kier molecular flexibility index (Phi) is 4.74. The van der Waals surface area contributed by atoms with Gasteiger partial charge < -0.3 is 15.2 Å². The molecule has 0 bridgehead atoms. The van der Waals surface area contributed by atoms with Crippen molar-refractivity contribution in [2.24, 2.45) is 5.92 Å². The smallest absolute Gasteiger partial charge is 0.337 e. The molecule has 2 rings (SSSR count). The molecule has 5 heteroatoms. The number of ether oxygens (including phenoxy) is 1. The lowest BCUT2D eigenvalue weighted by molar-refractivity contribution is -0.116. The summed E-state index contributed by atoms with van der Waals surface area (Å²) in [6, 6.07) is 4.98. The molecular formula is C15H19NO4. The minimum absolute atomic E-state index is 0.127. The molecule has 5 nitrogen and oxygen atoms in total. The Morgan fingerprint density at radius 1 is 1.45 bits per heavy atom. The molecule has 108 valence electrons. The van der Waals surface area contributed by atoms with Crippen LogP contribution in [0, 0.1) is 12.8 Å². The first kappa shape index (κ1) is 14.5. The number of aromatic carboxylic acids is 1. The van der Waals surface area contributed by atoms with Crippen molar-refractivity contribution in [2.45, 2.75) is 26.2 Å². The van der Waals surface area contributed by atoms with Crippen molar-refractivity contribution in [3.63, 3.8) is 0 Å². The number of benzene rings is 1. The number of nitrogens with one attached hydrogen (secondary N) is 1. The number of carboxylic acid groups (broad SMARTS) is 1. The quantitative estimate of drug-likeness (QED) is 0.866. The second-order valence-corrected chi connectivity index (χ2v) is 5.17. The van der Waals surface area contributed by atoms with E-state index in [-0.39, 0.29) is 11.5 Å². The van der Waals surface area contributed by atoms with Crippen molar-refractivity contribution in [1.29, 1.82) is 0 Å². The van der Waals surface area contributed by atoms with Gasteiger partial charge in [-0.15, -0.1) is 0 Å². The lowest BCUT2D eigenvalue weighted by Gasteiger charge is -2.10. The molecule has 1 unspecified atom stereocenters. The van der Waals surface area contributed by atoms with Gasteiger partial charge in [0.2, 0.25) is 5.91 Å². The van der Waals surface area contributed by atoms with Gasteiger partial charge in [0.1, 0.15) is 0 Å². The lowest BCUT2D eigenvalue weighted by Crippen LogP contribution is -2.16. The van der Waals surface area contributed by atoms with Gasteiger partial charge in [0, 0.05) is 19.6 Å². The molecular weight excluding hydrogens is 258 g/mol. The first-order chi connectivity index (χ1) is 9.56. The van der Waals surface area contributed by atoms with E-state index in [4.69, 9.17) is 9.84 Å². The maximum Gasteiger partial charge on any atom is 0.337 e. The Hall–Kier alpha value is -1.88. The summed E-state index contributed by atoms with van der Waals surface area (Å²) < 4.78 is 5.26. The third-order valence-corrected chi connectivity index (χ3v) is 3.48. The average molecular weight is 277 g/mol. The van der Waals surface area contributed by atoms with Crippen LogP contribution in [0.5, 0.6) is 0 Å². The van der Waals surface area contributed by atoms with E-state index >= 15 is 0 Å². The molecule has 1 aromatic rings. The Morgan fingerprint density at radius 2 is 2.25 bits per heavy atom. The largest absolute Gasteiger partial charge is 0.478 e. The van der Waals surface area contributed by atoms with Gasteiger partial charge in [-0.3, -0.25) is 4.79 Å². The Morgan fingerprint density at radius 3 is 2.90 bits per heavy atom. The summed E-state index contributed by atoms with van der Waals surface area (Å²) in [5.74, 6) is -0.742. The molecule has 1 aliphatic rings. The zero-order valence-corrected chi connectivity index (χ0v) is 11.5. The van der Waals surface area contributed by atoms with E-state index in [1.807, 2.05) is 6.92 Å². The van der Waals surface area contributed by atoms with Gasteiger partial charge in [0.05, 0.1) is 11.3 Å². The van der Waals surface area contributed by atoms with E-state index in [0.717, 1.165) is 31.6 Å². The third-order valence-electron chi connectivity index (χ3n) is 3.48. The van der Waals surface area contributed by atoms with Gasteiger partial charge in [-0.2, -0.15) is 0 Å². The highest BCUT2D eigenvalue weighted by Crippen LogP contribution is 2.20. The van der Waals surface area contributed by atoms with E-state index in [0.29, 0.717) is 18.0 Å². The topological polar surface area (TPSA) is 75.6 Å². The summed E-state index contributed by atoms with van der Waals surface area (Å²) in [7, 11) is 0. The van der Waals surface area contributed by atoms with Crippen LogP contribution in [0.25, 0.3) is 0 Å². The predicted octanol–water partition coefficient (Wildman–Crippen LogP) is 2.45. The Labute approximate surface area is 117 Å². The van der Waals surface area contributed by atoms with Gasteiger partial charge in [0.25, 0.3) is 0 Å². The van der Waals surface area contributed by atoms with Gasteiger partial charge in [-0.1, -0.05) is 11.6 Å². The molecule has 0 radical (unpaired) electrons. The second kappa shape index (κ2) is 6.52. The minimum Gasteiger partial charge on any atom is -0.478 e. The number of carbonyl (C=O) groups is 2. The van der Waals surface area contributed by atoms with Crippen molar-refractivity contribution >= 4 is 17.6 Å². The van der Waals surface area contributed by atoms with Gasteiger partial charge in [-0.05, 0) is 37.8 Å². The fourth-order valence-corrected chi connectivity index (χ4v) is 2.30. The monoisotopic (exact) mass is 277 g/mol. The fourth-order valence-electron chi connectivity index (χ4n) is 2.30. The molecule has 1 aliphatic heterocycles. The minimum atomic E-state index is -1.03. The summed E-state index contributed by atoms with van der Waals surface area (Å²) in [6.07, 6.45) is 2.17. The lowest BCUT2D eigenvalue weighted by atomic mass is 10.0. The first-order valence-electron chi connectivity index (χ1n) is 6.78. The molecule has 1 atom stereocenters. The molecule has 1 aromatic carbocycles.